The standard InChI is InChI=1S/C20H25N3O3S/c1-23(2)14-17-6-4-3-5-16(17)13-21-20(24)15-7-11-19(12-8-15)27(25,26)22-18-9-10-18/h3-8,11-12,18,22H,9-10,13-14H2,1-2H3,(H,21,24). The minimum absolute atomic E-state index is 0.0557. The molecule has 144 valence electrons. The third-order valence-corrected chi connectivity index (χ3v) is 5.91. The Morgan fingerprint density at radius 3 is 2.26 bits per heavy atom. The number of sulfonamides is 1. The van der Waals surface area contributed by atoms with Gasteiger partial charge in [0.1, 0.15) is 0 Å². The second kappa shape index (κ2) is 8.21. The largest absolute Gasteiger partial charge is 0.348 e. The highest BCUT2D eigenvalue weighted by atomic mass is 32.2. The molecule has 1 fully saturated rings. The van der Waals surface area contributed by atoms with Gasteiger partial charge in [-0.05, 0) is 62.3 Å². The molecule has 0 heterocycles. The van der Waals surface area contributed by atoms with Crippen molar-refractivity contribution in [2.45, 2.75) is 36.9 Å². The Hall–Kier alpha value is -2.22. The summed E-state index contributed by atoms with van der Waals surface area (Å²) in [6.45, 7) is 1.22. The maximum atomic E-state index is 12.4. The zero-order valence-corrected chi connectivity index (χ0v) is 16.4. The fraction of sp³-hybridized carbons (Fsp3) is 0.350. The van der Waals surface area contributed by atoms with Gasteiger partial charge in [0.05, 0.1) is 4.90 Å². The predicted molar refractivity (Wildman–Crippen MR) is 105 cm³/mol. The van der Waals surface area contributed by atoms with Gasteiger partial charge in [0.15, 0.2) is 0 Å². The Balaban J connectivity index is 1.63. The summed E-state index contributed by atoms with van der Waals surface area (Å²) < 4.78 is 27.0. The summed E-state index contributed by atoms with van der Waals surface area (Å²) in [7, 11) is 0.508. The summed E-state index contributed by atoms with van der Waals surface area (Å²) in [5.41, 5.74) is 2.66. The Morgan fingerprint density at radius 1 is 1.04 bits per heavy atom. The van der Waals surface area contributed by atoms with E-state index in [0.29, 0.717) is 12.1 Å². The van der Waals surface area contributed by atoms with Crippen molar-refractivity contribution in [1.82, 2.24) is 14.9 Å². The van der Waals surface area contributed by atoms with Crippen molar-refractivity contribution in [3.05, 3.63) is 65.2 Å². The van der Waals surface area contributed by atoms with Gasteiger partial charge in [-0.25, -0.2) is 13.1 Å². The maximum Gasteiger partial charge on any atom is 0.251 e. The molecule has 0 saturated heterocycles. The zero-order chi connectivity index (χ0) is 19.4. The van der Waals surface area contributed by atoms with Crippen molar-refractivity contribution in [2.24, 2.45) is 0 Å². The Morgan fingerprint density at radius 2 is 1.67 bits per heavy atom. The molecule has 1 amide bonds. The number of rotatable bonds is 8. The van der Waals surface area contributed by atoms with E-state index in [0.717, 1.165) is 30.5 Å². The Bertz CT molecular complexity index is 904. The number of hydrogen-bond acceptors (Lipinski definition) is 4. The summed E-state index contributed by atoms with van der Waals surface area (Å²) in [4.78, 5) is 14.7. The molecule has 0 spiro atoms. The van der Waals surface area contributed by atoms with Crippen molar-refractivity contribution >= 4 is 15.9 Å². The molecule has 2 aromatic rings. The van der Waals surface area contributed by atoms with Crippen LogP contribution in [-0.2, 0) is 23.1 Å². The molecule has 0 unspecified atom stereocenters. The molecule has 0 radical (unpaired) electrons. The van der Waals surface area contributed by atoms with Gasteiger partial charge in [0.25, 0.3) is 5.91 Å². The van der Waals surface area contributed by atoms with E-state index in [2.05, 4.69) is 14.9 Å². The first kappa shape index (κ1) is 19.5. The van der Waals surface area contributed by atoms with Crippen molar-refractivity contribution in [2.75, 3.05) is 14.1 Å². The summed E-state index contributed by atoms with van der Waals surface area (Å²) in [6.07, 6.45) is 1.77. The fourth-order valence-electron chi connectivity index (χ4n) is 2.78. The SMILES string of the molecule is CN(C)Cc1ccccc1CNC(=O)c1ccc(S(=O)(=O)NC2CC2)cc1. The quantitative estimate of drug-likeness (QED) is 0.727. The molecule has 3 rings (SSSR count). The van der Waals surface area contributed by atoms with Crippen LogP contribution in [0.25, 0.3) is 0 Å². The van der Waals surface area contributed by atoms with Crippen LogP contribution in [0.4, 0.5) is 0 Å². The van der Waals surface area contributed by atoms with Crippen LogP contribution < -0.4 is 10.0 Å². The van der Waals surface area contributed by atoms with E-state index < -0.39 is 10.0 Å². The number of amides is 1. The summed E-state index contributed by atoms with van der Waals surface area (Å²) in [5.74, 6) is -0.228. The molecule has 1 aliphatic rings. The van der Waals surface area contributed by atoms with Gasteiger partial charge in [-0.2, -0.15) is 0 Å². The molecule has 1 saturated carbocycles. The van der Waals surface area contributed by atoms with Gasteiger partial charge < -0.3 is 10.2 Å². The smallest absolute Gasteiger partial charge is 0.251 e. The van der Waals surface area contributed by atoms with Crippen LogP contribution in [0.2, 0.25) is 0 Å². The topological polar surface area (TPSA) is 78.5 Å². The predicted octanol–water partition coefficient (Wildman–Crippen LogP) is 2.12. The average Bonchev–Trinajstić information content (AvgIpc) is 3.43. The first-order valence-corrected chi connectivity index (χ1v) is 10.5. The maximum absolute atomic E-state index is 12.4. The second-order valence-corrected chi connectivity index (χ2v) is 8.82. The molecule has 2 aromatic carbocycles. The molecular weight excluding hydrogens is 362 g/mol. The molecule has 1 aliphatic carbocycles. The number of nitrogens with zero attached hydrogens (tertiary/aromatic N) is 1. The highest BCUT2D eigenvalue weighted by Crippen LogP contribution is 2.22. The van der Waals surface area contributed by atoms with Gasteiger partial charge >= 0.3 is 0 Å². The normalized spacial score (nSPS) is 14.3. The average molecular weight is 388 g/mol. The van der Waals surface area contributed by atoms with E-state index in [1.807, 2.05) is 38.4 Å². The van der Waals surface area contributed by atoms with E-state index in [4.69, 9.17) is 0 Å². The Labute approximate surface area is 160 Å². The van der Waals surface area contributed by atoms with Crippen molar-refractivity contribution in [3.63, 3.8) is 0 Å². The van der Waals surface area contributed by atoms with E-state index in [1.54, 1.807) is 12.1 Å². The second-order valence-electron chi connectivity index (χ2n) is 7.11. The number of benzene rings is 2. The van der Waals surface area contributed by atoms with E-state index >= 15 is 0 Å². The van der Waals surface area contributed by atoms with Crippen LogP contribution in [0, 0.1) is 0 Å². The lowest BCUT2D eigenvalue weighted by atomic mass is 10.1. The fourth-order valence-corrected chi connectivity index (χ4v) is 4.08. The van der Waals surface area contributed by atoms with Gasteiger partial charge in [0, 0.05) is 24.7 Å². The van der Waals surface area contributed by atoms with Crippen molar-refractivity contribution in [3.8, 4) is 0 Å². The summed E-state index contributed by atoms with van der Waals surface area (Å²) in [6, 6.07) is 14.1. The lowest BCUT2D eigenvalue weighted by molar-refractivity contribution is 0.0950. The minimum atomic E-state index is -3.50. The molecule has 2 N–H and O–H groups in total. The molecule has 0 aliphatic heterocycles. The first-order valence-electron chi connectivity index (χ1n) is 8.97. The highest BCUT2D eigenvalue weighted by molar-refractivity contribution is 7.89. The molecule has 7 heteroatoms. The molecule has 0 aromatic heterocycles. The third kappa shape index (κ3) is 5.38. The number of carbonyl (C=O) groups excluding carboxylic acids is 1. The number of nitrogens with one attached hydrogen (secondary N) is 2. The van der Waals surface area contributed by atoms with Crippen LogP contribution in [0.1, 0.15) is 34.3 Å². The Kier molecular flexibility index (Phi) is 5.94. The van der Waals surface area contributed by atoms with Crippen LogP contribution in [-0.4, -0.2) is 39.4 Å². The van der Waals surface area contributed by atoms with Crippen LogP contribution in [0.5, 0.6) is 0 Å². The van der Waals surface area contributed by atoms with Crippen molar-refractivity contribution in [1.29, 1.82) is 0 Å². The van der Waals surface area contributed by atoms with Gasteiger partial charge in [-0.15, -0.1) is 0 Å². The molecule has 6 nitrogen and oxygen atoms in total. The number of hydrogen-bond donors (Lipinski definition) is 2. The van der Waals surface area contributed by atoms with Gasteiger partial charge in [0.2, 0.25) is 10.0 Å². The van der Waals surface area contributed by atoms with Crippen LogP contribution >= 0.6 is 0 Å². The lowest BCUT2D eigenvalue weighted by Crippen LogP contribution is -2.26. The highest BCUT2D eigenvalue weighted by Gasteiger charge is 2.27. The molecule has 0 bridgehead atoms. The van der Waals surface area contributed by atoms with E-state index in [1.165, 1.54) is 12.1 Å². The minimum Gasteiger partial charge on any atom is -0.348 e. The third-order valence-electron chi connectivity index (χ3n) is 4.37. The first-order chi connectivity index (χ1) is 12.8. The lowest BCUT2D eigenvalue weighted by Gasteiger charge is -2.14. The van der Waals surface area contributed by atoms with Gasteiger partial charge in [-0.3, -0.25) is 4.79 Å². The van der Waals surface area contributed by atoms with Crippen molar-refractivity contribution < 1.29 is 13.2 Å². The molecular formula is C20H25N3O3S. The van der Waals surface area contributed by atoms with Crippen LogP contribution in [0.15, 0.2) is 53.4 Å². The van der Waals surface area contributed by atoms with Crippen LogP contribution in [0.3, 0.4) is 0 Å². The molecule has 0 atom stereocenters. The zero-order valence-electron chi connectivity index (χ0n) is 15.6. The molecule has 27 heavy (non-hydrogen) atoms. The number of carbonyl (C=O) groups is 1. The van der Waals surface area contributed by atoms with E-state index in [9.17, 15) is 13.2 Å². The van der Waals surface area contributed by atoms with Gasteiger partial charge in [-0.1, -0.05) is 24.3 Å². The summed E-state index contributed by atoms with van der Waals surface area (Å²) in [5, 5.41) is 2.91. The monoisotopic (exact) mass is 387 g/mol. The summed E-state index contributed by atoms with van der Waals surface area (Å²) >= 11 is 0. The van der Waals surface area contributed by atoms with E-state index in [-0.39, 0.29) is 16.8 Å².